The van der Waals surface area contributed by atoms with E-state index in [4.69, 9.17) is 10.4 Å². The molecule has 0 aliphatic carbocycles. The number of hydrogen-bond acceptors (Lipinski definition) is 6. The maximum atomic E-state index is 11.3. The lowest BCUT2D eigenvalue weighted by molar-refractivity contribution is 0.0944. The van der Waals surface area contributed by atoms with Crippen LogP contribution in [0.1, 0.15) is 28.9 Å². The third-order valence-electron chi connectivity index (χ3n) is 2.86. The van der Waals surface area contributed by atoms with E-state index in [0.717, 1.165) is 12.2 Å². The fraction of sp³-hybridized carbons (Fsp3) is 0.308. The Kier molecular flexibility index (Phi) is 4.80. The molecule has 2 rings (SSSR count). The van der Waals surface area contributed by atoms with Gasteiger partial charge in [0.05, 0.1) is 12.2 Å². The van der Waals surface area contributed by atoms with Gasteiger partial charge in [0, 0.05) is 18.8 Å². The van der Waals surface area contributed by atoms with Crippen LogP contribution in [0.3, 0.4) is 0 Å². The van der Waals surface area contributed by atoms with Crippen molar-refractivity contribution in [2.75, 3.05) is 6.54 Å². The quantitative estimate of drug-likeness (QED) is 0.457. The molecule has 106 valence electrons. The molecule has 0 atom stereocenters. The maximum absolute atomic E-state index is 11.3. The summed E-state index contributed by atoms with van der Waals surface area (Å²) in [6.07, 6.45) is 1.77. The summed E-state index contributed by atoms with van der Waals surface area (Å²) >= 11 is 0. The van der Waals surface area contributed by atoms with Gasteiger partial charge in [-0.05, 0) is 18.7 Å². The molecule has 0 radical (unpaired) electrons. The topological polar surface area (TPSA) is 97.3 Å². The largest absolute Gasteiger partial charge is 0.359 e. The number of aromatic nitrogens is 2. The fourth-order valence-corrected chi connectivity index (χ4v) is 1.79. The normalized spacial score (nSPS) is 10.8. The highest BCUT2D eigenvalue weighted by atomic mass is 16.5. The Bertz CT molecular complexity index is 555. The Morgan fingerprint density at radius 1 is 1.45 bits per heavy atom. The molecule has 2 aromatic rings. The van der Waals surface area contributed by atoms with Gasteiger partial charge in [0.15, 0.2) is 11.5 Å². The average molecular weight is 275 g/mol. The highest BCUT2D eigenvalue weighted by molar-refractivity contribution is 5.91. The third-order valence-corrected chi connectivity index (χ3v) is 2.86. The van der Waals surface area contributed by atoms with E-state index in [1.165, 1.54) is 0 Å². The minimum Gasteiger partial charge on any atom is -0.359 e. The molecular weight excluding hydrogens is 258 g/mol. The highest BCUT2D eigenvalue weighted by Crippen LogP contribution is 2.10. The summed E-state index contributed by atoms with van der Waals surface area (Å²) in [5.41, 5.74) is 3.17. The summed E-state index contributed by atoms with van der Waals surface area (Å²) in [6, 6.07) is 7.39. The summed E-state index contributed by atoms with van der Waals surface area (Å²) in [7, 11) is 0. The van der Waals surface area contributed by atoms with Crippen LogP contribution in [-0.4, -0.2) is 27.5 Å². The molecule has 20 heavy (non-hydrogen) atoms. The van der Waals surface area contributed by atoms with Crippen molar-refractivity contribution in [3.63, 3.8) is 0 Å². The standard InChI is InChI=1S/C13H17N5O2/c1-2-18(8-10-5-3-4-6-15-10)9-11-7-12(17-20-11)13(19)16-14/h3-7H,2,8-9,14H2,1H3,(H,16,19). The lowest BCUT2D eigenvalue weighted by Crippen LogP contribution is -2.30. The van der Waals surface area contributed by atoms with Crippen molar-refractivity contribution in [1.82, 2.24) is 20.5 Å². The van der Waals surface area contributed by atoms with Gasteiger partial charge in [-0.25, -0.2) is 5.84 Å². The molecule has 0 saturated heterocycles. The average Bonchev–Trinajstić information content (AvgIpc) is 2.95. The van der Waals surface area contributed by atoms with Crippen molar-refractivity contribution < 1.29 is 9.32 Å². The van der Waals surface area contributed by atoms with Gasteiger partial charge in [-0.3, -0.25) is 20.1 Å². The van der Waals surface area contributed by atoms with Gasteiger partial charge in [-0.2, -0.15) is 0 Å². The fourth-order valence-electron chi connectivity index (χ4n) is 1.79. The summed E-state index contributed by atoms with van der Waals surface area (Å²) in [5.74, 6) is 5.19. The first-order chi connectivity index (χ1) is 9.72. The SMILES string of the molecule is CCN(Cc1ccccn1)Cc1cc(C(=O)NN)no1. The van der Waals surface area contributed by atoms with Crippen molar-refractivity contribution in [1.29, 1.82) is 0 Å². The molecule has 0 unspecified atom stereocenters. The Labute approximate surface area is 116 Å². The predicted octanol–water partition coefficient (Wildman–Crippen LogP) is 0.695. The van der Waals surface area contributed by atoms with Crippen LogP contribution in [0.5, 0.6) is 0 Å². The molecule has 7 nitrogen and oxygen atoms in total. The molecule has 1 amide bonds. The molecular formula is C13H17N5O2. The van der Waals surface area contributed by atoms with Crippen LogP contribution < -0.4 is 11.3 Å². The van der Waals surface area contributed by atoms with Gasteiger partial charge >= 0.3 is 0 Å². The number of rotatable bonds is 6. The number of carbonyl (C=O) groups is 1. The van der Waals surface area contributed by atoms with Gasteiger partial charge < -0.3 is 4.52 Å². The number of nitrogens with zero attached hydrogens (tertiary/aromatic N) is 3. The zero-order valence-electron chi connectivity index (χ0n) is 11.2. The number of hydrazine groups is 1. The number of nitrogens with two attached hydrogens (primary N) is 1. The minimum absolute atomic E-state index is 0.177. The van der Waals surface area contributed by atoms with Crippen molar-refractivity contribution in [3.8, 4) is 0 Å². The first kappa shape index (κ1) is 14.2. The molecule has 0 bridgehead atoms. The summed E-state index contributed by atoms with van der Waals surface area (Å²) in [4.78, 5) is 17.7. The number of amides is 1. The van der Waals surface area contributed by atoms with Crippen molar-refractivity contribution >= 4 is 5.91 Å². The number of hydrogen-bond donors (Lipinski definition) is 2. The Balaban J connectivity index is 1.99. The number of carbonyl (C=O) groups excluding carboxylic acids is 1. The van der Waals surface area contributed by atoms with E-state index in [1.807, 2.05) is 30.5 Å². The van der Waals surface area contributed by atoms with Crippen molar-refractivity contribution in [2.45, 2.75) is 20.0 Å². The van der Waals surface area contributed by atoms with Crippen LogP contribution >= 0.6 is 0 Å². The van der Waals surface area contributed by atoms with Gasteiger partial charge in [0.1, 0.15) is 0 Å². The van der Waals surface area contributed by atoms with E-state index >= 15 is 0 Å². The number of nitrogens with one attached hydrogen (secondary N) is 1. The van der Waals surface area contributed by atoms with E-state index in [1.54, 1.807) is 12.3 Å². The summed E-state index contributed by atoms with van der Waals surface area (Å²) in [5, 5.41) is 3.67. The molecule has 0 fully saturated rings. The van der Waals surface area contributed by atoms with Crippen molar-refractivity contribution in [3.05, 3.63) is 47.6 Å². The molecule has 2 aromatic heterocycles. The van der Waals surface area contributed by atoms with Crippen LogP contribution in [-0.2, 0) is 13.1 Å². The van der Waals surface area contributed by atoms with E-state index in [0.29, 0.717) is 18.8 Å². The smallest absolute Gasteiger partial charge is 0.287 e. The third kappa shape index (κ3) is 3.62. The molecule has 7 heteroatoms. The molecule has 0 aromatic carbocycles. The second-order valence-electron chi connectivity index (χ2n) is 4.28. The maximum Gasteiger partial charge on any atom is 0.287 e. The van der Waals surface area contributed by atoms with Gasteiger partial charge in [-0.15, -0.1) is 0 Å². The van der Waals surface area contributed by atoms with Crippen LogP contribution in [0.4, 0.5) is 0 Å². The number of nitrogen functional groups attached to an aromatic ring is 1. The van der Waals surface area contributed by atoms with E-state index in [-0.39, 0.29) is 5.69 Å². The number of pyridine rings is 1. The van der Waals surface area contributed by atoms with Gasteiger partial charge in [-0.1, -0.05) is 18.1 Å². The first-order valence-electron chi connectivity index (χ1n) is 6.31. The summed E-state index contributed by atoms with van der Waals surface area (Å²) < 4.78 is 5.13. The minimum atomic E-state index is -0.465. The van der Waals surface area contributed by atoms with Crippen LogP contribution in [0.25, 0.3) is 0 Å². The molecule has 0 aliphatic rings. The Morgan fingerprint density at radius 3 is 2.95 bits per heavy atom. The molecule has 0 saturated carbocycles. The van der Waals surface area contributed by atoms with Gasteiger partial charge in [0.2, 0.25) is 0 Å². The van der Waals surface area contributed by atoms with E-state index < -0.39 is 5.91 Å². The zero-order chi connectivity index (χ0) is 14.4. The lowest BCUT2D eigenvalue weighted by atomic mass is 10.3. The van der Waals surface area contributed by atoms with E-state index in [9.17, 15) is 4.79 Å². The Morgan fingerprint density at radius 2 is 2.30 bits per heavy atom. The molecule has 0 spiro atoms. The molecule has 3 N–H and O–H groups in total. The summed E-state index contributed by atoms with van der Waals surface area (Å²) in [6.45, 7) is 4.14. The van der Waals surface area contributed by atoms with Crippen LogP contribution in [0.15, 0.2) is 35.0 Å². The van der Waals surface area contributed by atoms with Crippen molar-refractivity contribution in [2.24, 2.45) is 5.84 Å². The monoisotopic (exact) mass is 275 g/mol. The van der Waals surface area contributed by atoms with Crippen LogP contribution in [0, 0.1) is 0 Å². The lowest BCUT2D eigenvalue weighted by Gasteiger charge is -2.17. The van der Waals surface area contributed by atoms with E-state index in [2.05, 4.69) is 15.0 Å². The molecule has 2 heterocycles. The highest BCUT2D eigenvalue weighted by Gasteiger charge is 2.13. The zero-order valence-corrected chi connectivity index (χ0v) is 11.2. The van der Waals surface area contributed by atoms with Gasteiger partial charge in [0.25, 0.3) is 5.91 Å². The second-order valence-corrected chi connectivity index (χ2v) is 4.28. The Hall–Kier alpha value is -2.25. The first-order valence-corrected chi connectivity index (χ1v) is 6.31. The van der Waals surface area contributed by atoms with Crippen LogP contribution in [0.2, 0.25) is 0 Å². The second kappa shape index (κ2) is 6.78. The molecule has 0 aliphatic heterocycles. The predicted molar refractivity (Wildman–Crippen MR) is 72.2 cm³/mol.